The summed E-state index contributed by atoms with van der Waals surface area (Å²) in [5.41, 5.74) is 6.85. The highest BCUT2D eigenvalue weighted by Crippen LogP contribution is 2.38. The molecule has 2 N–H and O–H groups in total. The number of carbonyl (C=O) groups excluding carboxylic acids is 2. The molecule has 0 aliphatic heterocycles. The Balaban J connectivity index is 1.98. The van der Waals surface area contributed by atoms with Gasteiger partial charge in [0.25, 0.3) is 0 Å². The predicted molar refractivity (Wildman–Crippen MR) is 140 cm³/mol. The van der Waals surface area contributed by atoms with E-state index in [9.17, 15) is 23.6 Å². The van der Waals surface area contributed by atoms with E-state index in [1.807, 2.05) is 0 Å². The Bertz CT molecular complexity index is 1160. The fourth-order valence-corrected chi connectivity index (χ4v) is 5.16. The van der Waals surface area contributed by atoms with E-state index in [1.54, 1.807) is 13.8 Å². The Morgan fingerprint density at radius 3 is 2.39 bits per heavy atom. The quantitative estimate of drug-likeness (QED) is 0.202. The summed E-state index contributed by atoms with van der Waals surface area (Å²) in [6, 6.07) is 2.98. The van der Waals surface area contributed by atoms with Gasteiger partial charge in [0, 0.05) is 23.7 Å². The fraction of sp³-hybridized carbons (Fsp3) is 0.480. The third-order valence-corrected chi connectivity index (χ3v) is 7.56. The van der Waals surface area contributed by atoms with E-state index in [4.69, 9.17) is 38.4 Å². The Hall–Kier alpha value is -2.34. The van der Waals surface area contributed by atoms with Gasteiger partial charge in [-0.15, -0.1) is 0 Å². The second-order valence-corrected chi connectivity index (χ2v) is 12.1. The Morgan fingerprint density at radius 2 is 1.84 bits per heavy atom. The molecule has 1 aliphatic rings. The summed E-state index contributed by atoms with van der Waals surface area (Å²) < 4.78 is 41.6. The summed E-state index contributed by atoms with van der Waals surface area (Å²) >= 11 is 13.4. The number of halogens is 4. The van der Waals surface area contributed by atoms with Gasteiger partial charge in [-0.1, -0.05) is 41.0 Å². The van der Waals surface area contributed by atoms with Crippen LogP contribution in [-0.4, -0.2) is 35.1 Å². The van der Waals surface area contributed by atoms with Crippen LogP contribution in [0.5, 0.6) is 11.5 Å². The number of esters is 1. The summed E-state index contributed by atoms with van der Waals surface area (Å²) in [6.07, 6.45) is 3.01. The maximum atomic E-state index is 13.1. The van der Waals surface area contributed by atoms with Gasteiger partial charge in [-0.25, -0.2) is 0 Å². The first kappa shape index (κ1) is 30.2. The minimum atomic E-state index is -3.07. The summed E-state index contributed by atoms with van der Waals surface area (Å²) in [5, 5.41) is 11.6. The number of aromatic nitrogens is 1. The van der Waals surface area contributed by atoms with Gasteiger partial charge in [-0.2, -0.15) is 13.5 Å². The van der Waals surface area contributed by atoms with E-state index < -0.39 is 29.5 Å². The molecule has 1 fully saturated rings. The van der Waals surface area contributed by atoms with Crippen LogP contribution in [0.25, 0.3) is 0 Å². The minimum absolute atomic E-state index is 0.0353. The number of nitrogens with two attached hydrogens (primary N) is 1. The number of benzene rings is 1. The van der Waals surface area contributed by atoms with E-state index in [1.165, 1.54) is 25.1 Å². The third-order valence-electron chi connectivity index (χ3n) is 5.84. The number of hydrogen-bond acceptors (Lipinski definition) is 8. The molecule has 1 aromatic heterocycles. The first-order valence-corrected chi connectivity index (χ1v) is 13.3. The molecular formula is C25H28Cl2F2N2O6S. The van der Waals surface area contributed by atoms with Gasteiger partial charge in [-0.3, -0.25) is 9.59 Å². The van der Waals surface area contributed by atoms with Crippen molar-refractivity contribution < 1.29 is 37.3 Å². The molecule has 0 amide bonds. The molecule has 2 atom stereocenters. The Labute approximate surface area is 233 Å². The smallest absolute Gasteiger partial charge is 0.387 e. The third kappa shape index (κ3) is 8.33. The topological polar surface area (TPSA) is 115 Å². The zero-order valence-electron chi connectivity index (χ0n) is 20.9. The number of thioether (sulfide) groups is 1. The summed E-state index contributed by atoms with van der Waals surface area (Å²) in [5.74, 6) is -0.612. The van der Waals surface area contributed by atoms with Crippen molar-refractivity contribution in [3.8, 4) is 11.5 Å². The van der Waals surface area contributed by atoms with Crippen molar-refractivity contribution in [1.82, 2.24) is 0 Å². The number of nitrogens with zero attached hydrogens (tertiary/aromatic N) is 1. The molecular weight excluding hydrogens is 565 g/mol. The molecule has 1 aliphatic carbocycles. The van der Waals surface area contributed by atoms with Crippen LogP contribution < -0.4 is 19.9 Å². The fourth-order valence-electron chi connectivity index (χ4n) is 3.59. The Kier molecular flexibility index (Phi) is 10.1. The van der Waals surface area contributed by atoms with Crippen molar-refractivity contribution in [2.45, 2.75) is 63.5 Å². The molecule has 0 radical (unpaired) electrons. The molecule has 3 rings (SSSR count). The Morgan fingerprint density at radius 1 is 1.21 bits per heavy atom. The number of pyridine rings is 1. The number of carbonyl (C=O) groups is 2. The molecule has 1 saturated carbocycles. The van der Waals surface area contributed by atoms with Gasteiger partial charge in [0.05, 0.1) is 6.61 Å². The van der Waals surface area contributed by atoms with E-state index in [-0.39, 0.29) is 33.1 Å². The summed E-state index contributed by atoms with van der Waals surface area (Å²) in [4.78, 5) is 24.8. The zero-order chi connectivity index (χ0) is 28.2. The number of rotatable bonds is 12. The van der Waals surface area contributed by atoms with Crippen LogP contribution >= 0.6 is 35.0 Å². The van der Waals surface area contributed by atoms with Crippen molar-refractivity contribution >= 4 is 46.0 Å². The summed E-state index contributed by atoms with van der Waals surface area (Å²) in [7, 11) is 0. The normalized spacial score (nSPS) is 15.2. The lowest BCUT2D eigenvalue weighted by Crippen LogP contribution is -2.48. The monoisotopic (exact) mass is 592 g/mol. The standard InChI is InChI=1S/C25H28Cl2F2N2O6S/c1-13(32)38-25(2,3)22(30)23(33)36-20(9-16-17(26)10-31(34)11-18(16)27)15-6-7-19(37-24(28)29)21(8-15)35-12-14-4-5-14/h6-8,10-11,14,20,22,24H,4-5,9,12,30H2,1-3H3/t20-,22?/m0/s1. The van der Waals surface area contributed by atoms with Gasteiger partial charge in [0.1, 0.15) is 22.2 Å². The van der Waals surface area contributed by atoms with Gasteiger partial charge in [-0.05, 0) is 50.3 Å². The highest BCUT2D eigenvalue weighted by atomic mass is 35.5. The maximum absolute atomic E-state index is 13.1. The lowest BCUT2D eigenvalue weighted by atomic mass is 10.00. The minimum Gasteiger partial charge on any atom is -0.619 e. The maximum Gasteiger partial charge on any atom is 0.387 e. The van der Waals surface area contributed by atoms with E-state index in [0.717, 1.165) is 37.0 Å². The van der Waals surface area contributed by atoms with Gasteiger partial charge >= 0.3 is 12.6 Å². The predicted octanol–water partition coefficient (Wildman–Crippen LogP) is 5.23. The van der Waals surface area contributed by atoms with Crippen molar-refractivity contribution in [3.63, 3.8) is 0 Å². The van der Waals surface area contributed by atoms with Crippen LogP contribution in [0.15, 0.2) is 30.6 Å². The van der Waals surface area contributed by atoms with E-state index >= 15 is 0 Å². The van der Waals surface area contributed by atoms with Crippen LogP contribution in [0.3, 0.4) is 0 Å². The molecule has 38 heavy (non-hydrogen) atoms. The van der Waals surface area contributed by atoms with Crippen LogP contribution in [0.2, 0.25) is 10.0 Å². The molecule has 1 unspecified atom stereocenters. The lowest BCUT2D eigenvalue weighted by molar-refractivity contribution is -0.605. The van der Waals surface area contributed by atoms with Crippen molar-refractivity contribution in [3.05, 3.63) is 57.0 Å². The first-order chi connectivity index (χ1) is 17.8. The second-order valence-electron chi connectivity index (χ2n) is 9.44. The number of hydrogen-bond donors (Lipinski definition) is 1. The summed E-state index contributed by atoms with van der Waals surface area (Å²) in [6.45, 7) is 1.88. The second kappa shape index (κ2) is 12.7. The van der Waals surface area contributed by atoms with Crippen molar-refractivity contribution in [1.29, 1.82) is 0 Å². The van der Waals surface area contributed by atoms with E-state index in [2.05, 4.69) is 4.74 Å². The van der Waals surface area contributed by atoms with Crippen LogP contribution in [-0.2, 0) is 20.7 Å². The van der Waals surface area contributed by atoms with Gasteiger partial charge < -0.3 is 25.2 Å². The van der Waals surface area contributed by atoms with Crippen LogP contribution in [0.1, 0.15) is 50.8 Å². The molecule has 13 heteroatoms. The molecule has 0 saturated heterocycles. The average molecular weight is 593 g/mol. The molecule has 0 spiro atoms. The molecule has 0 bridgehead atoms. The zero-order valence-corrected chi connectivity index (χ0v) is 23.2. The molecule has 208 valence electrons. The van der Waals surface area contributed by atoms with Crippen molar-refractivity contribution in [2.75, 3.05) is 6.61 Å². The van der Waals surface area contributed by atoms with Gasteiger partial charge in [0.2, 0.25) is 0 Å². The molecule has 8 nitrogen and oxygen atoms in total. The van der Waals surface area contributed by atoms with Gasteiger partial charge in [0.15, 0.2) is 29.0 Å². The average Bonchev–Trinajstić information content (AvgIpc) is 3.62. The SMILES string of the molecule is CC(=O)SC(C)(C)C(N)C(=O)O[C@@H](Cc1c(Cl)c[n+]([O-])cc1Cl)c1ccc(OC(F)F)c(OCC2CC2)c1. The van der Waals surface area contributed by atoms with Crippen LogP contribution in [0.4, 0.5) is 8.78 Å². The molecule has 1 aromatic carbocycles. The first-order valence-electron chi connectivity index (χ1n) is 11.7. The highest BCUT2D eigenvalue weighted by molar-refractivity contribution is 8.14. The molecule has 2 aromatic rings. The largest absolute Gasteiger partial charge is 0.619 e. The number of alkyl halides is 2. The van der Waals surface area contributed by atoms with Crippen molar-refractivity contribution in [2.24, 2.45) is 11.7 Å². The highest BCUT2D eigenvalue weighted by Gasteiger charge is 2.37. The number of ether oxygens (including phenoxy) is 3. The van der Waals surface area contributed by atoms with Crippen LogP contribution in [0, 0.1) is 11.1 Å². The van der Waals surface area contributed by atoms with E-state index in [0.29, 0.717) is 28.4 Å². The lowest BCUT2D eigenvalue weighted by Gasteiger charge is -2.30. The molecule has 1 heterocycles.